The van der Waals surface area contributed by atoms with E-state index in [4.69, 9.17) is 11.6 Å². The standard InChI is InChI=1S/C21H21ClN2O2/c1-12(2)13-6-8-14(9-7-13)20-17-5-3-4-16(17)18-10-15(24(25)26)11-19(22)21(18)23-20/h3-4,6-12,16-17,20,23H,5H2,1-2H3/t16-,17+,20-/m0/s1. The molecule has 0 bridgehead atoms. The highest BCUT2D eigenvalue weighted by Crippen LogP contribution is 2.52. The van der Waals surface area contributed by atoms with E-state index in [-0.39, 0.29) is 22.6 Å². The number of hydrogen-bond acceptors (Lipinski definition) is 3. The first-order valence-corrected chi connectivity index (χ1v) is 9.34. The van der Waals surface area contributed by atoms with Crippen LogP contribution >= 0.6 is 11.6 Å². The van der Waals surface area contributed by atoms with Crippen LogP contribution in [0.4, 0.5) is 11.4 Å². The van der Waals surface area contributed by atoms with Gasteiger partial charge in [-0.2, -0.15) is 0 Å². The normalized spacial score (nSPS) is 23.5. The Bertz CT molecular complexity index is 890. The van der Waals surface area contributed by atoms with Gasteiger partial charge in [-0.15, -0.1) is 0 Å². The number of fused-ring (bicyclic) bond motifs is 3. The predicted molar refractivity (Wildman–Crippen MR) is 105 cm³/mol. The third-order valence-corrected chi connectivity index (χ3v) is 5.88. The highest BCUT2D eigenvalue weighted by atomic mass is 35.5. The molecule has 26 heavy (non-hydrogen) atoms. The van der Waals surface area contributed by atoms with Gasteiger partial charge < -0.3 is 5.32 Å². The minimum absolute atomic E-state index is 0.0503. The topological polar surface area (TPSA) is 55.2 Å². The monoisotopic (exact) mass is 368 g/mol. The van der Waals surface area contributed by atoms with Gasteiger partial charge in [-0.05, 0) is 34.9 Å². The molecule has 134 valence electrons. The SMILES string of the molecule is CC(C)c1ccc([C@@H]2Nc3c(Cl)cc([N+](=O)[O-])cc3[C@H]3C=CC[C@H]32)cc1. The molecular formula is C21H21ClN2O2. The maximum Gasteiger partial charge on any atom is 0.271 e. The van der Waals surface area contributed by atoms with E-state index in [1.165, 1.54) is 17.2 Å². The third-order valence-electron chi connectivity index (χ3n) is 5.58. The van der Waals surface area contributed by atoms with Gasteiger partial charge in [-0.3, -0.25) is 10.1 Å². The number of nitrogens with one attached hydrogen (secondary N) is 1. The van der Waals surface area contributed by atoms with Crippen molar-refractivity contribution in [2.45, 2.75) is 38.1 Å². The second-order valence-electron chi connectivity index (χ2n) is 7.45. The van der Waals surface area contributed by atoms with Crippen molar-refractivity contribution >= 4 is 23.0 Å². The van der Waals surface area contributed by atoms with Gasteiger partial charge in [0.15, 0.2) is 0 Å². The number of nitro groups is 1. The van der Waals surface area contributed by atoms with Crippen molar-refractivity contribution < 1.29 is 4.92 Å². The minimum atomic E-state index is -0.378. The molecule has 5 heteroatoms. The fraction of sp³-hybridized carbons (Fsp3) is 0.333. The lowest BCUT2D eigenvalue weighted by molar-refractivity contribution is -0.384. The fourth-order valence-electron chi connectivity index (χ4n) is 4.16. The number of non-ortho nitro benzene ring substituents is 1. The van der Waals surface area contributed by atoms with E-state index in [1.54, 1.807) is 6.07 Å². The smallest absolute Gasteiger partial charge is 0.271 e. The first-order valence-electron chi connectivity index (χ1n) is 8.96. The summed E-state index contributed by atoms with van der Waals surface area (Å²) in [5.74, 6) is 0.990. The lowest BCUT2D eigenvalue weighted by Crippen LogP contribution is -2.29. The number of halogens is 1. The number of anilines is 1. The summed E-state index contributed by atoms with van der Waals surface area (Å²) in [7, 11) is 0. The zero-order valence-electron chi connectivity index (χ0n) is 14.8. The van der Waals surface area contributed by atoms with E-state index in [0.717, 1.165) is 17.7 Å². The molecule has 3 atom stereocenters. The van der Waals surface area contributed by atoms with Crippen molar-refractivity contribution in [2.24, 2.45) is 5.92 Å². The molecule has 0 unspecified atom stereocenters. The molecular weight excluding hydrogens is 348 g/mol. The summed E-state index contributed by atoms with van der Waals surface area (Å²) in [6, 6.07) is 12.0. The molecule has 4 nitrogen and oxygen atoms in total. The van der Waals surface area contributed by atoms with Gasteiger partial charge in [0.1, 0.15) is 0 Å². The van der Waals surface area contributed by atoms with E-state index in [0.29, 0.717) is 16.9 Å². The Hall–Kier alpha value is -2.33. The van der Waals surface area contributed by atoms with Gasteiger partial charge in [-0.1, -0.05) is 61.9 Å². The fourth-order valence-corrected chi connectivity index (χ4v) is 4.44. The Kier molecular flexibility index (Phi) is 4.23. The molecule has 0 radical (unpaired) electrons. The molecule has 0 saturated heterocycles. The Balaban J connectivity index is 1.76. The number of nitrogens with zero attached hydrogens (tertiary/aromatic N) is 1. The van der Waals surface area contributed by atoms with Crippen LogP contribution in [0.15, 0.2) is 48.6 Å². The van der Waals surface area contributed by atoms with Crippen molar-refractivity contribution in [3.05, 3.63) is 80.4 Å². The van der Waals surface area contributed by atoms with Gasteiger partial charge in [-0.25, -0.2) is 0 Å². The average molecular weight is 369 g/mol. The first kappa shape index (κ1) is 17.1. The number of allylic oxidation sites excluding steroid dienone is 2. The molecule has 1 N–H and O–H groups in total. The average Bonchev–Trinajstić information content (AvgIpc) is 3.11. The molecule has 2 aliphatic rings. The van der Waals surface area contributed by atoms with Gasteiger partial charge in [0.2, 0.25) is 0 Å². The summed E-state index contributed by atoms with van der Waals surface area (Å²) in [6.07, 6.45) is 5.29. The molecule has 0 fully saturated rings. The van der Waals surface area contributed by atoms with E-state index < -0.39 is 0 Å². The summed E-state index contributed by atoms with van der Waals surface area (Å²) in [5.41, 5.74) is 4.35. The molecule has 0 saturated carbocycles. The van der Waals surface area contributed by atoms with Gasteiger partial charge >= 0.3 is 0 Å². The zero-order valence-corrected chi connectivity index (χ0v) is 15.5. The van der Waals surface area contributed by atoms with Gasteiger partial charge in [0, 0.05) is 18.1 Å². The first-order chi connectivity index (χ1) is 12.5. The molecule has 1 aliphatic carbocycles. The Labute approximate surface area is 158 Å². The molecule has 1 heterocycles. The maximum absolute atomic E-state index is 11.2. The predicted octanol–water partition coefficient (Wildman–Crippen LogP) is 6.20. The van der Waals surface area contributed by atoms with Crippen LogP contribution in [0.3, 0.4) is 0 Å². The van der Waals surface area contributed by atoms with Crippen LogP contribution in [-0.4, -0.2) is 4.92 Å². The molecule has 2 aromatic carbocycles. The molecule has 4 rings (SSSR count). The van der Waals surface area contributed by atoms with Gasteiger partial charge in [0.25, 0.3) is 5.69 Å². The Morgan fingerprint density at radius 2 is 1.96 bits per heavy atom. The highest BCUT2D eigenvalue weighted by molar-refractivity contribution is 6.33. The zero-order chi connectivity index (χ0) is 18.4. The van der Waals surface area contributed by atoms with Crippen LogP contribution in [0.1, 0.15) is 54.8 Å². The quantitative estimate of drug-likeness (QED) is 0.398. The van der Waals surface area contributed by atoms with Crippen molar-refractivity contribution in [1.82, 2.24) is 0 Å². The summed E-state index contributed by atoms with van der Waals surface area (Å²) >= 11 is 6.41. The van der Waals surface area contributed by atoms with Crippen LogP contribution < -0.4 is 5.32 Å². The molecule has 0 spiro atoms. The molecule has 0 aromatic heterocycles. The second-order valence-corrected chi connectivity index (χ2v) is 7.85. The highest BCUT2D eigenvalue weighted by Gasteiger charge is 2.39. The summed E-state index contributed by atoms with van der Waals surface area (Å²) in [5, 5.41) is 15.2. The minimum Gasteiger partial charge on any atom is -0.376 e. The van der Waals surface area contributed by atoms with E-state index in [1.807, 2.05) is 0 Å². The maximum atomic E-state index is 11.2. The Morgan fingerprint density at radius 1 is 1.23 bits per heavy atom. The summed E-state index contributed by atoms with van der Waals surface area (Å²) < 4.78 is 0. The number of nitro benzene ring substituents is 1. The van der Waals surface area contributed by atoms with Crippen molar-refractivity contribution in [3.63, 3.8) is 0 Å². The van der Waals surface area contributed by atoms with E-state index in [9.17, 15) is 10.1 Å². The number of benzene rings is 2. The number of hydrogen-bond donors (Lipinski definition) is 1. The lowest BCUT2D eigenvalue weighted by Gasteiger charge is -2.38. The molecule has 1 aliphatic heterocycles. The largest absolute Gasteiger partial charge is 0.376 e. The van der Waals surface area contributed by atoms with Crippen molar-refractivity contribution in [3.8, 4) is 0 Å². The van der Waals surface area contributed by atoms with Crippen molar-refractivity contribution in [1.29, 1.82) is 0 Å². The van der Waals surface area contributed by atoms with Crippen molar-refractivity contribution in [2.75, 3.05) is 5.32 Å². The summed E-state index contributed by atoms with van der Waals surface area (Å²) in [6.45, 7) is 4.38. The number of rotatable bonds is 3. The van der Waals surface area contributed by atoms with E-state index in [2.05, 4.69) is 55.6 Å². The van der Waals surface area contributed by atoms with Crippen LogP contribution in [0.5, 0.6) is 0 Å². The second kappa shape index (κ2) is 6.44. The third kappa shape index (κ3) is 2.78. The lowest BCUT2D eigenvalue weighted by atomic mass is 9.76. The molecule has 0 amide bonds. The van der Waals surface area contributed by atoms with Crippen LogP contribution in [0, 0.1) is 16.0 Å². The van der Waals surface area contributed by atoms with Crippen LogP contribution in [0.2, 0.25) is 5.02 Å². The van der Waals surface area contributed by atoms with Crippen LogP contribution in [-0.2, 0) is 0 Å². The van der Waals surface area contributed by atoms with Gasteiger partial charge in [0.05, 0.1) is 21.7 Å². The summed E-state index contributed by atoms with van der Waals surface area (Å²) in [4.78, 5) is 10.8. The van der Waals surface area contributed by atoms with E-state index >= 15 is 0 Å². The Morgan fingerprint density at radius 3 is 2.62 bits per heavy atom. The molecule has 2 aromatic rings. The van der Waals surface area contributed by atoms with Crippen LogP contribution in [0.25, 0.3) is 0 Å².